The topological polar surface area (TPSA) is 43.4 Å². The minimum absolute atomic E-state index is 0.268. The summed E-state index contributed by atoms with van der Waals surface area (Å²) in [7, 11) is 1.36. The quantitative estimate of drug-likeness (QED) is 0.636. The number of Topliss-reactive ketones (excluding diaryl/α,β-unsaturated/α-hetero) is 1. The average Bonchev–Trinajstić information content (AvgIpc) is 2.32. The molecule has 2 aliphatic carbocycles. The number of hydrogen-bond donors (Lipinski definition) is 0. The predicted octanol–water partition coefficient (Wildman–Crippen LogP) is 2.18. The fourth-order valence-electron chi connectivity index (χ4n) is 2.53. The maximum atomic E-state index is 12.0. The highest BCUT2D eigenvalue weighted by Crippen LogP contribution is 2.41. The molecule has 0 bridgehead atoms. The summed E-state index contributed by atoms with van der Waals surface area (Å²) in [6.07, 6.45) is 9.74. The van der Waals surface area contributed by atoms with Gasteiger partial charge < -0.3 is 4.74 Å². The second-order valence-corrected chi connectivity index (χ2v) is 4.48. The third kappa shape index (κ3) is 1.82. The SMILES string of the molecule is COC(=O)C1=CC2(CC=C1)CCCCC2=O. The van der Waals surface area contributed by atoms with Gasteiger partial charge in [-0.15, -0.1) is 0 Å². The van der Waals surface area contributed by atoms with E-state index >= 15 is 0 Å². The van der Waals surface area contributed by atoms with E-state index in [-0.39, 0.29) is 11.8 Å². The van der Waals surface area contributed by atoms with Crippen LogP contribution in [0.4, 0.5) is 0 Å². The highest BCUT2D eigenvalue weighted by molar-refractivity contribution is 5.95. The van der Waals surface area contributed by atoms with Gasteiger partial charge in [0.25, 0.3) is 0 Å². The molecule has 1 saturated carbocycles. The van der Waals surface area contributed by atoms with Gasteiger partial charge in [-0.25, -0.2) is 4.79 Å². The van der Waals surface area contributed by atoms with Crippen molar-refractivity contribution < 1.29 is 14.3 Å². The lowest BCUT2D eigenvalue weighted by molar-refractivity contribution is -0.135. The van der Waals surface area contributed by atoms with Gasteiger partial charge in [-0.1, -0.05) is 24.6 Å². The molecule has 0 N–H and O–H groups in total. The number of carbonyl (C=O) groups excluding carboxylic acids is 2. The lowest BCUT2D eigenvalue weighted by Gasteiger charge is -2.34. The Morgan fingerprint density at radius 1 is 1.44 bits per heavy atom. The number of methoxy groups -OCH3 is 1. The first kappa shape index (κ1) is 11.1. The van der Waals surface area contributed by atoms with Crippen LogP contribution in [0.2, 0.25) is 0 Å². The van der Waals surface area contributed by atoms with Gasteiger partial charge in [-0.3, -0.25) is 4.79 Å². The molecule has 2 aliphatic rings. The van der Waals surface area contributed by atoms with Gasteiger partial charge >= 0.3 is 5.97 Å². The molecular formula is C13H16O3. The number of ketones is 1. The third-order valence-electron chi connectivity index (χ3n) is 3.46. The van der Waals surface area contributed by atoms with E-state index in [1.54, 1.807) is 6.08 Å². The molecule has 0 saturated heterocycles. The van der Waals surface area contributed by atoms with Crippen molar-refractivity contribution in [2.24, 2.45) is 5.41 Å². The van der Waals surface area contributed by atoms with Crippen LogP contribution >= 0.6 is 0 Å². The number of carbonyl (C=O) groups is 2. The molecular weight excluding hydrogens is 204 g/mol. The Hall–Kier alpha value is -1.38. The average molecular weight is 220 g/mol. The molecule has 0 aromatic carbocycles. The summed E-state index contributed by atoms with van der Waals surface area (Å²) < 4.78 is 4.69. The molecule has 3 nitrogen and oxygen atoms in total. The molecule has 0 aromatic rings. The Balaban J connectivity index is 2.29. The first-order valence-corrected chi connectivity index (χ1v) is 5.69. The highest BCUT2D eigenvalue weighted by Gasteiger charge is 2.39. The van der Waals surface area contributed by atoms with Gasteiger partial charge in [-0.2, -0.15) is 0 Å². The van der Waals surface area contributed by atoms with Gasteiger partial charge in [0, 0.05) is 6.42 Å². The summed E-state index contributed by atoms with van der Waals surface area (Å²) >= 11 is 0. The Kier molecular flexibility index (Phi) is 2.95. The smallest absolute Gasteiger partial charge is 0.337 e. The van der Waals surface area contributed by atoms with Crippen LogP contribution < -0.4 is 0 Å². The first-order chi connectivity index (χ1) is 7.68. The van der Waals surface area contributed by atoms with Gasteiger partial charge in [0.2, 0.25) is 0 Å². The molecule has 3 heteroatoms. The van der Waals surface area contributed by atoms with Gasteiger partial charge in [0.1, 0.15) is 5.78 Å². The van der Waals surface area contributed by atoms with Crippen molar-refractivity contribution in [2.75, 3.05) is 7.11 Å². The van der Waals surface area contributed by atoms with E-state index in [4.69, 9.17) is 0 Å². The van der Waals surface area contributed by atoms with Crippen molar-refractivity contribution in [1.29, 1.82) is 0 Å². The van der Waals surface area contributed by atoms with Crippen LogP contribution in [-0.4, -0.2) is 18.9 Å². The maximum absolute atomic E-state index is 12.0. The van der Waals surface area contributed by atoms with Crippen LogP contribution in [0.25, 0.3) is 0 Å². The summed E-state index contributed by atoms with van der Waals surface area (Å²) in [5.74, 6) is -0.0850. The second kappa shape index (κ2) is 4.24. The van der Waals surface area contributed by atoms with Gasteiger partial charge in [-0.05, 0) is 19.3 Å². The lowest BCUT2D eigenvalue weighted by atomic mass is 9.68. The molecule has 0 amide bonds. The van der Waals surface area contributed by atoms with Crippen molar-refractivity contribution >= 4 is 11.8 Å². The molecule has 0 heterocycles. The third-order valence-corrected chi connectivity index (χ3v) is 3.46. The van der Waals surface area contributed by atoms with Crippen molar-refractivity contribution in [3.05, 3.63) is 23.8 Å². The summed E-state index contributed by atoms with van der Waals surface area (Å²) in [4.78, 5) is 23.4. The monoisotopic (exact) mass is 220 g/mol. The van der Waals surface area contributed by atoms with E-state index < -0.39 is 5.41 Å². The van der Waals surface area contributed by atoms with E-state index in [1.165, 1.54) is 7.11 Å². The Morgan fingerprint density at radius 2 is 2.25 bits per heavy atom. The Labute approximate surface area is 95.2 Å². The summed E-state index contributed by atoms with van der Waals surface area (Å²) in [6, 6.07) is 0. The largest absolute Gasteiger partial charge is 0.465 e. The minimum Gasteiger partial charge on any atom is -0.465 e. The van der Waals surface area contributed by atoms with Gasteiger partial charge in [0.15, 0.2) is 0 Å². The molecule has 0 aliphatic heterocycles. The predicted molar refractivity (Wildman–Crippen MR) is 59.8 cm³/mol. The molecule has 0 aromatic heterocycles. The second-order valence-electron chi connectivity index (χ2n) is 4.48. The fraction of sp³-hybridized carbons (Fsp3) is 0.538. The summed E-state index contributed by atoms with van der Waals surface area (Å²) in [5.41, 5.74) is 0.0975. The van der Waals surface area contributed by atoms with E-state index in [0.717, 1.165) is 25.7 Å². The molecule has 1 unspecified atom stereocenters. The number of rotatable bonds is 1. The standard InChI is InChI=1S/C13H16O3/c1-16-12(15)10-5-4-8-13(9-10)7-3-2-6-11(13)14/h4-5,9H,2-3,6-8H2,1H3. The normalized spacial score (nSPS) is 29.1. The van der Waals surface area contributed by atoms with Crippen LogP contribution in [-0.2, 0) is 14.3 Å². The number of ether oxygens (including phenoxy) is 1. The van der Waals surface area contributed by atoms with E-state index in [1.807, 2.05) is 12.2 Å². The Bertz CT molecular complexity index is 379. The zero-order chi connectivity index (χ0) is 11.6. The molecule has 2 rings (SSSR count). The molecule has 16 heavy (non-hydrogen) atoms. The minimum atomic E-state index is -0.420. The van der Waals surface area contributed by atoms with Crippen LogP contribution in [0.5, 0.6) is 0 Å². The lowest BCUT2D eigenvalue weighted by Crippen LogP contribution is -2.34. The molecule has 0 radical (unpaired) electrons. The summed E-state index contributed by atoms with van der Waals surface area (Å²) in [5, 5.41) is 0. The zero-order valence-electron chi connectivity index (χ0n) is 9.49. The molecule has 1 spiro atoms. The van der Waals surface area contributed by atoms with Crippen LogP contribution in [0, 0.1) is 5.41 Å². The number of esters is 1. The van der Waals surface area contributed by atoms with Crippen LogP contribution in [0.3, 0.4) is 0 Å². The first-order valence-electron chi connectivity index (χ1n) is 5.69. The van der Waals surface area contributed by atoms with Crippen molar-refractivity contribution in [1.82, 2.24) is 0 Å². The van der Waals surface area contributed by atoms with Crippen molar-refractivity contribution in [2.45, 2.75) is 32.1 Å². The fourth-order valence-corrected chi connectivity index (χ4v) is 2.53. The number of allylic oxidation sites excluding steroid dienone is 2. The number of hydrogen-bond acceptors (Lipinski definition) is 3. The molecule has 1 atom stereocenters. The zero-order valence-corrected chi connectivity index (χ0v) is 9.49. The molecule has 86 valence electrons. The van der Waals surface area contributed by atoms with Gasteiger partial charge in [0.05, 0.1) is 18.1 Å². The van der Waals surface area contributed by atoms with Crippen LogP contribution in [0.1, 0.15) is 32.1 Å². The maximum Gasteiger partial charge on any atom is 0.337 e. The van der Waals surface area contributed by atoms with E-state index in [9.17, 15) is 9.59 Å². The summed E-state index contributed by atoms with van der Waals surface area (Å²) in [6.45, 7) is 0. The Morgan fingerprint density at radius 3 is 2.94 bits per heavy atom. The van der Waals surface area contributed by atoms with Crippen molar-refractivity contribution in [3.63, 3.8) is 0 Å². The highest BCUT2D eigenvalue weighted by atomic mass is 16.5. The van der Waals surface area contributed by atoms with E-state index in [2.05, 4.69) is 4.74 Å². The van der Waals surface area contributed by atoms with Crippen LogP contribution in [0.15, 0.2) is 23.8 Å². The van der Waals surface area contributed by atoms with E-state index in [0.29, 0.717) is 12.0 Å². The molecule has 1 fully saturated rings. The van der Waals surface area contributed by atoms with Crippen molar-refractivity contribution in [3.8, 4) is 0 Å².